The molecule has 0 unspecified atom stereocenters. The summed E-state index contributed by atoms with van der Waals surface area (Å²) >= 11 is 0. The van der Waals surface area contributed by atoms with E-state index in [0.717, 1.165) is 0 Å². The quantitative estimate of drug-likeness (QED) is 0.764. The van der Waals surface area contributed by atoms with E-state index in [4.69, 9.17) is 15.6 Å². The highest BCUT2D eigenvalue weighted by Crippen LogP contribution is 2.35. The van der Waals surface area contributed by atoms with Crippen LogP contribution in [0.3, 0.4) is 0 Å². The Hall–Kier alpha value is -2.70. The molecule has 100 valence electrons. The van der Waals surface area contributed by atoms with E-state index in [9.17, 15) is 9.90 Å². The molecular weight excluding hydrogens is 250 g/mol. The van der Waals surface area contributed by atoms with Gasteiger partial charge < -0.3 is 20.7 Å². The second-order valence-electron chi connectivity index (χ2n) is 3.95. The van der Waals surface area contributed by atoms with E-state index in [1.807, 2.05) is 0 Å². The zero-order chi connectivity index (χ0) is 14.2. The molecule has 1 aromatic heterocycles. The molecule has 1 heterocycles. The van der Waals surface area contributed by atoms with Crippen LogP contribution in [-0.4, -0.2) is 33.1 Å². The molecule has 0 saturated carbocycles. The van der Waals surface area contributed by atoms with Crippen LogP contribution in [0, 0.1) is 0 Å². The zero-order valence-electron chi connectivity index (χ0n) is 10.4. The van der Waals surface area contributed by atoms with Crippen molar-refractivity contribution in [2.75, 3.05) is 12.8 Å². The molecular formula is C12H13N3O4. The van der Waals surface area contributed by atoms with Crippen molar-refractivity contribution in [3.63, 3.8) is 0 Å². The molecule has 0 bridgehead atoms. The number of carboxylic acid groups (broad SMARTS) is 1. The third kappa shape index (κ3) is 2.17. The van der Waals surface area contributed by atoms with Gasteiger partial charge in [0, 0.05) is 24.7 Å². The van der Waals surface area contributed by atoms with Crippen LogP contribution in [0.4, 0.5) is 5.82 Å². The number of aromatic nitrogens is 2. The lowest BCUT2D eigenvalue weighted by Crippen LogP contribution is -2.00. The van der Waals surface area contributed by atoms with E-state index in [1.165, 1.54) is 23.9 Å². The fraction of sp³-hybridized carbons (Fsp3) is 0.167. The molecule has 0 aliphatic heterocycles. The summed E-state index contributed by atoms with van der Waals surface area (Å²) in [4.78, 5) is 11.0. The highest BCUT2D eigenvalue weighted by molar-refractivity contribution is 5.93. The van der Waals surface area contributed by atoms with Gasteiger partial charge in [0.1, 0.15) is 22.9 Å². The number of aromatic carboxylic acids is 1. The standard InChI is InChI=1S/C12H13N3O4/c1-15-11(13)4-8(14-15)6-3-7(12(17)18)9(16)5-10(6)19-2/h3-5,16H,13H2,1-2H3,(H,17,18). The Labute approximate surface area is 108 Å². The molecule has 1 aromatic carbocycles. The number of carboxylic acids is 1. The number of nitrogens with zero attached hydrogens (tertiary/aromatic N) is 2. The number of rotatable bonds is 3. The number of ether oxygens (including phenoxy) is 1. The summed E-state index contributed by atoms with van der Waals surface area (Å²) in [6.07, 6.45) is 0. The van der Waals surface area contributed by atoms with Gasteiger partial charge in [-0.1, -0.05) is 0 Å². The number of nitrogen functional groups attached to an aromatic ring is 1. The molecule has 0 saturated heterocycles. The third-order valence-corrected chi connectivity index (χ3v) is 2.74. The molecule has 0 amide bonds. The number of carbonyl (C=O) groups is 1. The van der Waals surface area contributed by atoms with Gasteiger partial charge in [0.2, 0.25) is 0 Å². The average molecular weight is 263 g/mol. The molecule has 0 spiro atoms. The van der Waals surface area contributed by atoms with Gasteiger partial charge in [-0.2, -0.15) is 5.10 Å². The maximum Gasteiger partial charge on any atom is 0.339 e. The van der Waals surface area contributed by atoms with Crippen molar-refractivity contribution < 1.29 is 19.7 Å². The van der Waals surface area contributed by atoms with Crippen molar-refractivity contribution >= 4 is 11.8 Å². The fourth-order valence-corrected chi connectivity index (χ4v) is 1.72. The minimum absolute atomic E-state index is 0.222. The Morgan fingerprint density at radius 1 is 1.42 bits per heavy atom. The SMILES string of the molecule is COc1cc(O)c(C(=O)O)cc1-c1cc(N)n(C)n1. The number of nitrogens with two attached hydrogens (primary N) is 1. The number of aryl methyl sites for hydroxylation is 1. The van der Waals surface area contributed by atoms with Crippen LogP contribution >= 0.6 is 0 Å². The van der Waals surface area contributed by atoms with Gasteiger partial charge in [0.05, 0.1) is 12.8 Å². The minimum atomic E-state index is -1.23. The number of aromatic hydroxyl groups is 1. The first-order valence-electron chi connectivity index (χ1n) is 5.38. The number of benzene rings is 1. The van der Waals surface area contributed by atoms with Crippen LogP contribution in [0.1, 0.15) is 10.4 Å². The van der Waals surface area contributed by atoms with Gasteiger partial charge in [-0.05, 0) is 6.07 Å². The van der Waals surface area contributed by atoms with E-state index in [1.54, 1.807) is 13.1 Å². The maximum atomic E-state index is 11.0. The topological polar surface area (TPSA) is 111 Å². The van der Waals surface area contributed by atoms with E-state index < -0.39 is 5.97 Å². The Bertz CT molecular complexity index is 629. The van der Waals surface area contributed by atoms with Gasteiger partial charge in [-0.15, -0.1) is 0 Å². The smallest absolute Gasteiger partial charge is 0.339 e. The predicted octanol–water partition coefficient (Wildman–Crippen LogP) is 1.08. The molecule has 4 N–H and O–H groups in total. The van der Waals surface area contributed by atoms with E-state index >= 15 is 0 Å². The normalized spacial score (nSPS) is 10.4. The maximum absolute atomic E-state index is 11.0. The van der Waals surface area contributed by atoms with Gasteiger partial charge in [-0.25, -0.2) is 4.79 Å². The molecule has 0 aliphatic rings. The number of anilines is 1. The Balaban J connectivity index is 2.66. The molecule has 19 heavy (non-hydrogen) atoms. The van der Waals surface area contributed by atoms with Crippen molar-refractivity contribution in [2.45, 2.75) is 0 Å². The Morgan fingerprint density at radius 3 is 2.58 bits per heavy atom. The molecule has 7 heteroatoms. The lowest BCUT2D eigenvalue weighted by atomic mass is 10.1. The summed E-state index contributed by atoms with van der Waals surface area (Å²) in [7, 11) is 3.09. The zero-order valence-corrected chi connectivity index (χ0v) is 10.4. The monoisotopic (exact) mass is 263 g/mol. The van der Waals surface area contributed by atoms with Crippen LogP contribution < -0.4 is 10.5 Å². The van der Waals surface area contributed by atoms with Crippen LogP contribution in [0.5, 0.6) is 11.5 Å². The van der Waals surface area contributed by atoms with Crippen LogP contribution in [0.2, 0.25) is 0 Å². The first-order chi connectivity index (χ1) is 8.93. The number of hydrogen-bond donors (Lipinski definition) is 3. The molecule has 7 nitrogen and oxygen atoms in total. The highest BCUT2D eigenvalue weighted by Gasteiger charge is 2.18. The van der Waals surface area contributed by atoms with E-state index in [0.29, 0.717) is 22.8 Å². The van der Waals surface area contributed by atoms with Gasteiger partial charge >= 0.3 is 5.97 Å². The molecule has 0 fully saturated rings. The summed E-state index contributed by atoms with van der Waals surface area (Å²) in [5, 5.41) is 22.8. The molecule has 0 aliphatic carbocycles. The Kier molecular flexibility index (Phi) is 3.04. The highest BCUT2D eigenvalue weighted by atomic mass is 16.5. The van der Waals surface area contributed by atoms with Crippen molar-refractivity contribution in [1.82, 2.24) is 9.78 Å². The lowest BCUT2D eigenvalue weighted by molar-refractivity contribution is 0.0693. The fourth-order valence-electron chi connectivity index (χ4n) is 1.72. The van der Waals surface area contributed by atoms with Crippen LogP contribution in [0.15, 0.2) is 18.2 Å². The summed E-state index contributed by atoms with van der Waals surface area (Å²) in [5.41, 5.74) is 6.39. The Morgan fingerprint density at radius 2 is 2.11 bits per heavy atom. The predicted molar refractivity (Wildman–Crippen MR) is 68.2 cm³/mol. The summed E-state index contributed by atoms with van der Waals surface area (Å²) in [6, 6.07) is 4.14. The van der Waals surface area contributed by atoms with Crippen LogP contribution in [-0.2, 0) is 7.05 Å². The van der Waals surface area contributed by atoms with Crippen molar-refractivity contribution in [2.24, 2.45) is 7.05 Å². The third-order valence-electron chi connectivity index (χ3n) is 2.74. The molecule has 0 radical (unpaired) electrons. The first kappa shape index (κ1) is 12.7. The summed E-state index contributed by atoms with van der Waals surface area (Å²) in [5.74, 6) is -0.843. The number of phenols is 1. The summed E-state index contributed by atoms with van der Waals surface area (Å²) < 4.78 is 6.58. The van der Waals surface area contributed by atoms with Gasteiger partial charge in [0.15, 0.2) is 0 Å². The van der Waals surface area contributed by atoms with Crippen LogP contribution in [0.25, 0.3) is 11.3 Å². The van der Waals surface area contributed by atoms with E-state index in [-0.39, 0.29) is 11.3 Å². The second-order valence-corrected chi connectivity index (χ2v) is 3.95. The number of methoxy groups -OCH3 is 1. The molecule has 2 rings (SSSR count). The minimum Gasteiger partial charge on any atom is -0.507 e. The van der Waals surface area contributed by atoms with Gasteiger partial charge in [-0.3, -0.25) is 4.68 Å². The van der Waals surface area contributed by atoms with Crippen molar-refractivity contribution in [3.05, 3.63) is 23.8 Å². The lowest BCUT2D eigenvalue weighted by Gasteiger charge is -2.09. The molecule has 0 atom stereocenters. The number of hydrogen-bond acceptors (Lipinski definition) is 5. The van der Waals surface area contributed by atoms with Gasteiger partial charge in [0.25, 0.3) is 0 Å². The van der Waals surface area contributed by atoms with Crippen molar-refractivity contribution in [1.29, 1.82) is 0 Å². The second kappa shape index (κ2) is 4.52. The van der Waals surface area contributed by atoms with Crippen molar-refractivity contribution in [3.8, 4) is 22.8 Å². The first-order valence-corrected chi connectivity index (χ1v) is 5.38. The summed E-state index contributed by atoms with van der Waals surface area (Å²) in [6.45, 7) is 0. The average Bonchev–Trinajstić information content (AvgIpc) is 2.68. The molecule has 2 aromatic rings. The largest absolute Gasteiger partial charge is 0.507 e. The van der Waals surface area contributed by atoms with E-state index in [2.05, 4.69) is 5.10 Å².